The summed E-state index contributed by atoms with van der Waals surface area (Å²) in [6, 6.07) is 12.4. The van der Waals surface area contributed by atoms with Crippen LogP contribution in [0.3, 0.4) is 0 Å². The topological polar surface area (TPSA) is 46.2 Å². The van der Waals surface area contributed by atoms with Gasteiger partial charge in [0.2, 0.25) is 0 Å². The highest BCUT2D eigenvalue weighted by molar-refractivity contribution is 8.16. The Morgan fingerprint density at radius 1 is 1.04 bits per heavy atom. The molecule has 0 bridgehead atoms. The quantitative estimate of drug-likeness (QED) is 0.862. The molecule has 0 aliphatic carbocycles. The molecular formula is C16H16FNO2S3. The van der Waals surface area contributed by atoms with Gasteiger partial charge in [-0.2, -0.15) is 0 Å². The van der Waals surface area contributed by atoms with Crippen molar-refractivity contribution in [2.75, 3.05) is 16.2 Å². The van der Waals surface area contributed by atoms with E-state index in [4.69, 9.17) is 0 Å². The Morgan fingerprint density at radius 3 is 2.52 bits per heavy atom. The fourth-order valence-corrected chi connectivity index (χ4v) is 6.23. The van der Waals surface area contributed by atoms with Gasteiger partial charge >= 0.3 is 0 Å². The second-order valence-electron chi connectivity index (χ2n) is 5.12. The third-order valence-corrected chi connectivity index (χ3v) is 7.74. The summed E-state index contributed by atoms with van der Waals surface area (Å²) in [5, 5.41) is 0. The fraction of sp³-hybridized carbons (Fsp3) is 0.250. The smallest absolute Gasteiger partial charge is 0.261 e. The summed E-state index contributed by atoms with van der Waals surface area (Å²) in [4.78, 5) is -0.0793. The van der Waals surface area contributed by atoms with Crippen molar-refractivity contribution < 1.29 is 12.8 Å². The van der Waals surface area contributed by atoms with E-state index in [0.29, 0.717) is 10.3 Å². The highest BCUT2D eigenvalue weighted by atomic mass is 32.2. The van der Waals surface area contributed by atoms with Crippen molar-refractivity contribution in [2.24, 2.45) is 0 Å². The molecule has 3 nitrogen and oxygen atoms in total. The third-order valence-electron chi connectivity index (χ3n) is 3.34. The van der Waals surface area contributed by atoms with E-state index in [1.807, 2.05) is 41.7 Å². The van der Waals surface area contributed by atoms with E-state index >= 15 is 0 Å². The molecule has 1 saturated heterocycles. The lowest BCUT2D eigenvalue weighted by molar-refractivity contribution is 0.595. The number of nitrogens with one attached hydrogen (secondary N) is 1. The summed E-state index contributed by atoms with van der Waals surface area (Å²) in [6.07, 6.45) is 1.21. The second kappa shape index (κ2) is 7.15. The molecule has 7 heteroatoms. The average Bonchev–Trinajstić information content (AvgIpc) is 2.55. The molecule has 2 aromatic rings. The van der Waals surface area contributed by atoms with E-state index in [1.54, 1.807) is 6.07 Å². The predicted octanol–water partition coefficient (Wildman–Crippen LogP) is 4.50. The van der Waals surface area contributed by atoms with Crippen molar-refractivity contribution in [3.63, 3.8) is 0 Å². The van der Waals surface area contributed by atoms with Gasteiger partial charge in [0.25, 0.3) is 10.0 Å². The highest BCUT2D eigenvalue weighted by Crippen LogP contribution is 2.44. The van der Waals surface area contributed by atoms with Crippen LogP contribution in [-0.2, 0) is 10.0 Å². The first-order chi connectivity index (χ1) is 11.0. The van der Waals surface area contributed by atoms with Crippen LogP contribution in [-0.4, -0.2) is 19.9 Å². The number of thioether (sulfide) groups is 2. The standard InChI is InChI=1S/C16H16FNO2S3/c17-13-5-2-7-15(11-13)23(19,20)18-14-6-1-4-12(10-14)16-21-8-3-9-22-16/h1-2,4-7,10-11,16,18H,3,8-9H2. The number of sulfonamides is 1. The molecule has 1 fully saturated rings. The monoisotopic (exact) mass is 369 g/mol. The van der Waals surface area contributed by atoms with Gasteiger partial charge in [0.05, 0.1) is 9.48 Å². The molecule has 0 aromatic heterocycles. The van der Waals surface area contributed by atoms with Crippen LogP contribution >= 0.6 is 23.5 Å². The van der Waals surface area contributed by atoms with Gasteiger partial charge in [-0.1, -0.05) is 18.2 Å². The van der Waals surface area contributed by atoms with Crippen molar-refractivity contribution in [2.45, 2.75) is 15.9 Å². The molecule has 3 rings (SSSR count). The molecule has 0 radical (unpaired) electrons. The molecule has 0 unspecified atom stereocenters. The van der Waals surface area contributed by atoms with Crippen LogP contribution in [0.1, 0.15) is 16.6 Å². The summed E-state index contributed by atoms with van der Waals surface area (Å²) >= 11 is 3.75. The van der Waals surface area contributed by atoms with Crippen molar-refractivity contribution >= 4 is 39.2 Å². The molecular weight excluding hydrogens is 353 g/mol. The molecule has 1 aliphatic rings. The molecule has 2 aromatic carbocycles. The van der Waals surface area contributed by atoms with Crippen LogP contribution in [0.15, 0.2) is 53.4 Å². The molecule has 0 amide bonds. The fourth-order valence-electron chi connectivity index (χ4n) is 2.28. The van der Waals surface area contributed by atoms with Gasteiger partial charge in [-0.05, 0) is 53.8 Å². The van der Waals surface area contributed by atoms with Gasteiger partial charge in [-0.3, -0.25) is 4.72 Å². The van der Waals surface area contributed by atoms with Crippen molar-refractivity contribution in [3.05, 3.63) is 59.9 Å². The number of rotatable bonds is 4. The maximum Gasteiger partial charge on any atom is 0.261 e. The normalized spacial score (nSPS) is 16.2. The number of halogens is 1. The molecule has 1 heterocycles. The number of anilines is 1. The average molecular weight is 370 g/mol. The van der Waals surface area contributed by atoms with Crippen molar-refractivity contribution in [1.29, 1.82) is 0 Å². The Kier molecular flexibility index (Phi) is 5.18. The summed E-state index contributed by atoms with van der Waals surface area (Å²) < 4.78 is 40.8. The Bertz CT molecular complexity index is 789. The molecule has 0 spiro atoms. The summed E-state index contributed by atoms with van der Waals surface area (Å²) in [5.41, 5.74) is 1.60. The first-order valence-electron chi connectivity index (χ1n) is 7.16. The van der Waals surface area contributed by atoms with Gasteiger partial charge in [0.15, 0.2) is 0 Å². The first-order valence-corrected chi connectivity index (χ1v) is 10.7. The van der Waals surface area contributed by atoms with E-state index in [-0.39, 0.29) is 4.90 Å². The zero-order chi connectivity index (χ0) is 16.3. The number of benzene rings is 2. The highest BCUT2D eigenvalue weighted by Gasteiger charge is 2.19. The minimum Gasteiger partial charge on any atom is -0.280 e. The van der Waals surface area contributed by atoms with Gasteiger partial charge in [-0.15, -0.1) is 23.5 Å². The SMILES string of the molecule is O=S(=O)(Nc1cccc(C2SCCCS2)c1)c1cccc(F)c1. The Balaban J connectivity index is 1.82. The lowest BCUT2D eigenvalue weighted by Crippen LogP contribution is -2.13. The molecule has 1 aliphatic heterocycles. The van der Waals surface area contributed by atoms with Crippen LogP contribution in [0, 0.1) is 5.82 Å². The second-order valence-corrected chi connectivity index (χ2v) is 9.52. The van der Waals surface area contributed by atoms with Crippen LogP contribution in [0.4, 0.5) is 10.1 Å². The lowest BCUT2D eigenvalue weighted by Gasteiger charge is -2.21. The molecule has 1 N–H and O–H groups in total. The molecule has 23 heavy (non-hydrogen) atoms. The van der Waals surface area contributed by atoms with Gasteiger partial charge in [0.1, 0.15) is 5.82 Å². The van der Waals surface area contributed by atoms with E-state index in [2.05, 4.69) is 4.72 Å². The predicted molar refractivity (Wildman–Crippen MR) is 95.9 cm³/mol. The van der Waals surface area contributed by atoms with Crippen molar-refractivity contribution in [1.82, 2.24) is 0 Å². The maximum absolute atomic E-state index is 13.2. The van der Waals surface area contributed by atoms with Gasteiger partial charge < -0.3 is 0 Å². The molecule has 122 valence electrons. The molecule has 0 saturated carbocycles. The number of hydrogen-bond acceptors (Lipinski definition) is 4. The summed E-state index contributed by atoms with van der Waals surface area (Å²) in [7, 11) is -3.79. The zero-order valence-corrected chi connectivity index (χ0v) is 14.7. The van der Waals surface area contributed by atoms with Crippen LogP contribution < -0.4 is 4.72 Å². The number of hydrogen-bond donors (Lipinski definition) is 1. The van der Waals surface area contributed by atoms with E-state index in [0.717, 1.165) is 23.1 Å². The molecule has 0 atom stereocenters. The minimum atomic E-state index is -3.79. The maximum atomic E-state index is 13.2. The van der Waals surface area contributed by atoms with Crippen LogP contribution in [0.25, 0.3) is 0 Å². The Morgan fingerprint density at radius 2 is 1.78 bits per heavy atom. The lowest BCUT2D eigenvalue weighted by atomic mass is 10.2. The summed E-state index contributed by atoms with van der Waals surface area (Å²) in [6.45, 7) is 0. The van der Waals surface area contributed by atoms with E-state index in [1.165, 1.54) is 24.6 Å². The van der Waals surface area contributed by atoms with E-state index < -0.39 is 15.8 Å². The van der Waals surface area contributed by atoms with Crippen molar-refractivity contribution in [3.8, 4) is 0 Å². The minimum absolute atomic E-state index is 0.0793. The summed E-state index contributed by atoms with van der Waals surface area (Å²) in [5.74, 6) is 1.67. The Labute approximate surface area is 144 Å². The third kappa shape index (κ3) is 4.22. The first kappa shape index (κ1) is 16.7. The zero-order valence-electron chi connectivity index (χ0n) is 12.2. The van der Waals surface area contributed by atoms with Crippen LogP contribution in [0.5, 0.6) is 0 Å². The largest absolute Gasteiger partial charge is 0.280 e. The van der Waals surface area contributed by atoms with E-state index in [9.17, 15) is 12.8 Å². The van der Waals surface area contributed by atoms with Gasteiger partial charge in [0, 0.05) is 5.69 Å². The Hall–Kier alpha value is -1.18. The van der Waals surface area contributed by atoms with Crippen LogP contribution in [0.2, 0.25) is 0 Å². The van der Waals surface area contributed by atoms with Gasteiger partial charge in [-0.25, -0.2) is 12.8 Å².